The van der Waals surface area contributed by atoms with E-state index in [0.717, 1.165) is 25.7 Å². The van der Waals surface area contributed by atoms with Crippen molar-refractivity contribution in [3.8, 4) is 0 Å². The van der Waals surface area contributed by atoms with Gasteiger partial charge in [0.2, 0.25) is 0 Å². The molecule has 2 aliphatic rings. The van der Waals surface area contributed by atoms with Gasteiger partial charge in [0.25, 0.3) is 17.7 Å². The van der Waals surface area contributed by atoms with Gasteiger partial charge in [0.15, 0.2) is 4.32 Å². The molecule has 0 aliphatic carbocycles. The highest BCUT2D eigenvalue weighted by molar-refractivity contribution is 9.10. The van der Waals surface area contributed by atoms with Crippen molar-refractivity contribution in [1.29, 1.82) is 0 Å². The van der Waals surface area contributed by atoms with E-state index >= 15 is 0 Å². The van der Waals surface area contributed by atoms with Crippen LogP contribution >= 0.6 is 55.8 Å². The highest BCUT2D eigenvalue weighted by Gasteiger charge is 2.42. The van der Waals surface area contributed by atoms with Gasteiger partial charge in [-0.3, -0.25) is 19.8 Å². The minimum Gasteiger partial charge on any atom is -0.311 e. The number of nitrogens with one attached hydrogen (secondary N) is 1. The molecule has 0 saturated carbocycles. The van der Waals surface area contributed by atoms with Gasteiger partial charge in [0.05, 0.1) is 16.2 Å². The number of thioether (sulfide) groups is 1. The van der Waals surface area contributed by atoms with Crippen LogP contribution in [0.25, 0.3) is 5.57 Å². The molecule has 0 aromatic heterocycles. The Balaban J connectivity index is 1.68. The average Bonchev–Trinajstić information content (AvgIpc) is 3.09. The molecule has 0 radical (unpaired) electrons. The van der Waals surface area contributed by atoms with Crippen LogP contribution in [0.3, 0.4) is 0 Å². The number of carbonyl (C=O) groups excluding carboxylic acids is 3. The Morgan fingerprint density at radius 1 is 1.03 bits per heavy atom. The number of hydrogen-bond donors (Lipinski definition) is 1. The minimum absolute atomic E-state index is 0.155. The number of anilines is 1. The van der Waals surface area contributed by atoms with Crippen LogP contribution in [0.4, 0.5) is 5.69 Å². The monoisotopic (exact) mass is 551 g/mol. The number of likely N-dealkylation sites (N-methyl/N-ethyl adjacent to an activating group) is 1. The minimum atomic E-state index is -0.532. The first kappa shape index (κ1) is 20.3. The summed E-state index contributed by atoms with van der Waals surface area (Å²) in [6, 6.07) is 12.1. The van der Waals surface area contributed by atoms with Crippen LogP contribution in [0.2, 0.25) is 0 Å². The zero-order valence-corrected chi connectivity index (χ0v) is 19.5. The Morgan fingerprint density at radius 3 is 2.38 bits per heavy atom. The van der Waals surface area contributed by atoms with Crippen LogP contribution < -0.4 is 10.3 Å². The molecule has 0 unspecified atom stereocenters. The third-order valence-electron chi connectivity index (χ3n) is 4.42. The van der Waals surface area contributed by atoms with E-state index in [1.807, 2.05) is 6.07 Å². The summed E-state index contributed by atoms with van der Waals surface area (Å²) in [4.78, 5) is 40.0. The number of hydrazine groups is 1. The van der Waals surface area contributed by atoms with Crippen molar-refractivity contribution in [3.63, 3.8) is 0 Å². The topological polar surface area (TPSA) is 69.7 Å². The molecule has 2 aliphatic heterocycles. The largest absolute Gasteiger partial charge is 0.311 e. The van der Waals surface area contributed by atoms with Gasteiger partial charge in [-0.25, -0.2) is 0 Å². The maximum absolute atomic E-state index is 13.0. The fraction of sp³-hybridized carbons (Fsp3) is 0.0526. The van der Waals surface area contributed by atoms with Crippen molar-refractivity contribution in [2.24, 2.45) is 0 Å². The molecule has 0 spiro atoms. The number of thiocarbonyl (C=S) groups is 1. The van der Waals surface area contributed by atoms with Crippen molar-refractivity contribution >= 4 is 89.1 Å². The van der Waals surface area contributed by atoms with Gasteiger partial charge >= 0.3 is 0 Å². The van der Waals surface area contributed by atoms with Gasteiger partial charge in [-0.15, -0.1) is 0 Å². The average molecular weight is 553 g/mol. The van der Waals surface area contributed by atoms with E-state index in [1.54, 1.807) is 43.4 Å². The summed E-state index contributed by atoms with van der Waals surface area (Å²) in [5, 5.41) is 1.01. The number of rotatable bonds is 2. The molecule has 2 aromatic rings. The molecular weight excluding hydrogens is 542 g/mol. The number of amides is 3. The van der Waals surface area contributed by atoms with Gasteiger partial charge in [0, 0.05) is 27.1 Å². The molecule has 10 heteroatoms. The molecule has 0 bridgehead atoms. The highest BCUT2D eigenvalue weighted by Crippen LogP contribution is 2.44. The molecule has 1 N–H and O–H groups in total. The maximum atomic E-state index is 13.0. The van der Waals surface area contributed by atoms with E-state index in [2.05, 4.69) is 37.3 Å². The lowest BCUT2D eigenvalue weighted by molar-refractivity contribution is -0.124. The summed E-state index contributed by atoms with van der Waals surface area (Å²) in [6.07, 6.45) is 0. The van der Waals surface area contributed by atoms with Crippen LogP contribution in [0, 0.1) is 0 Å². The van der Waals surface area contributed by atoms with E-state index in [4.69, 9.17) is 12.2 Å². The lowest BCUT2D eigenvalue weighted by Crippen LogP contribution is -2.45. The van der Waals surface area contributed by atoms with E-state index in [1.165, 1.54) is 4.90 Å². The standard InChI is InChI=1S/C19H11Br2N3O3S2/c1-23-13-7-6-11(21)8-12(13)14(17(23)26)15-18(27)24(19(28)29-15)22-16(25)9-2-4-10(20)5-3-9/h2-8H,1H3,(H,22,25)/b15-14-. The zero-order chi connectivity index (χ0) is 20.9. The van der Waals surface area contributed by atoms with Crippen molar-refractivity contribution in [2.75, 3.05) is 11.9 Å². The molecule has 1 saturated heterocycles. The fourth-order valence-corrected chi connectivity index (χ4v) is 4.87. The van der Waals surface area contributed by atoms with E-state index < -0.39 is 11.8 Å². The Kier molecular flexibility index (Phi) is 5.36. The second-order valence-corrected chi connectivity index (χ2v) is 9.66. The van der Waals surface area contributed by atoms with Crippen LogP contribution in [-0.2, 0) is 9.59 Å². The first-order valence-corrected chi connectivity index (χ1v) is 11.0. The SMILES string of the molecule is CN1C(=O)/C(=C2\SC(=S)N(NC(=O)c3ccc(Br)cc3)C2=O)c2cc(Br)ccc21. The summed E-state index contributed by atoms with van der Waals surface area (Å²) in [5.41, 5.74) is 4.53. The Morgan fingerprint density at radius 2 is 1.69 bits per heavy atom. The van der Waals surface area contributed by atoms with Crippen LogP contribution in [0.5, 0.6) is 0 Å². The molecule has 0 atom stereocenters. The molecule has 29 heavy (non-hydrogen) atoms. The van der Waals surface area contributed by atoms with Gasteiger partial charge in [-0.1, -0.05) is 43.6 Å². The molecule has 2 heterocycles. The molecule has 6 nitrogen and oxygen atoms in total. The molecule has 3 amide bonds. The lowest BCUT2D eigenvalue weighted by Gasteiger charge is -2.15. The maximum Gasteiger partial charge on any atom is 0.286 e. The number of carbonyl (C=O) groups is 3. The molecule has 146 valence electrons. The zero-order valence-electron chi connectivity index (χ0n) is 14.7. The van der Waals surface area contributed by atoms with E-state index in [9.17, 15) is 14.4 Å². The normalized spacial score (nSPS) is 18.5. The number of nitrogens with zero attached hydrogens (tertiary/aromatic N) is 2. The summed E-state index contributed by atoms with van der Waals surface area (Å²) in [6.45, 7) is 0. The number of benzene rings is 2. The first-order valence-electron chi connectivity index (χ1n) is 8.23. The fourth-order valence-electron chi connectivity index (χ4n) is 3.00. The number of halogens is 2. The van der Waals surface area contributed by atoms with Crippen LogP contribution in [0.15, 0.2) is 56.3 Å². The summed E-state index contributed by atoms with van der Waals surface area (Å²) in [5.74, 6) is -1.30. The lowest BCUT2D eigenvalue weighted by atomic mass is 10.1. The Bertz CT molecular complexity index is 1130. The molecule has 1 fully saturated rings. The summed E-state index contributed by atoms with van der Waals surface area (Å²) in [7, 11) is 1.65. The van der Waals surface area contributed by atoms with E-state index in [-0.39, 0.29) is 20.7 Å². The Hall–Kier alpha value is -2.01. The van der Waals surface area contributed by atoms with Crippen LogP contribution in [0.1, 0.15) is 15.9 Å². The van der Waals surface area contributed by atoms with Gasteiger partial charge in [-0.05, 0) is 54.7 Å². The second kappa shape index (κ2) is 7.67. The van der Waals surface area contributed by atoms with E-state index in [0.29, 0.717) is 16.8 Å². The first-order chi connectivity index (χ1) is 13.8. The Labute approximate surface area is 192 Å². The molecule has 2 aromatic carbocycles. The van der Waals surface area contributed by atoms with Crippen molar-refractivity contribution in [2.45, 2.75) is 0 Å². The predicted octanol–water partition coefficient (Wildman–Crippen LogP) is 4.10. The van der Waals surface area contributed by atoms with Crippen LogP contribution in [-0.4, -0.2) is 34.1 Å². The van der Waals surface area contributed by atoms with Gasteiger partial charge in [-0.2, -0.15) is 5.01 Å². The summed E-state index contributed by atoms with van der Waals surface area (Å²) < 4.78 is 1.77. The quantitative estimate of drug-likeness (QED) is 0.448. The second-order valence-electron chi connectivity index (χ2n) is 6.19. The third kappa shape index (κ3) is 3.54. The third-order valence-corrected chi connectivity index (χ3v) is 6.82. The summed E-state index contributed by atoms with van der Waals surface area (Å²) >= 11 is 13.0. The smallest absolute Gasteiger partial charge is 0.286 e. The van der Waals surface area contributed by atoms with Crippen molar-refractivity contribution in [3.05, 3.63) is 67.4 Å². The number of hydrogen-bond acceptors (Lipinski definition) is 5. The predicted molar refractivity (Wildman–Crippen MR) is 123 cm³/mol. The van der Waals surface area contributed by atoms with Gasteiger partial charge in [0.1, 0.15) is 0 Å². The number of fused-ring (bicyclic) bond motifs is 1. The van der Waals surface area contributed by atoms with Crippen molar-refractivity contribution in [1.82, 2.24) is 10.4 Å². The van der Waals surface area contributed by atoms with Crippen molar-refractivity contribution < 1.29 is 14.4 Å². The molecular formula is C19H11Br2N3O3S2. The van der Waals surface area contributed by atoms with Gasteiger partial charge < -0.3 is 4.90 Å². The molecule has 4 rings (SSSR count). The highest BCUT2D eigenvalue weighted by atomic mass is 79.9.